The number of benzene rings is 4. The summed E-state index contributed by atoms with van der Waals surface area (Å²) in [6.45, 7) is 2.74. The number of guanidine groups is 1. The van der Waals surface area contributed by atoms with Gasteiger partial charge >= 0.3 is 0 Å². The van der Waals surface area contributed by atoms with Crippen LogP contribution in [-0.4, -0.2) is 30.0 Å². The zero-order valence-electron chi connectivity index (χ0n) is 22.7. The highest BCUT2D eigenvalue weighted by molar-refractivity contribution is 6.18. The third-order valence-corrected chi connectivity index (χ3v) is 7.62. The van der Waals surface area contributed by atoms with Crippen molar-refractivity contribution in [3.05, 3.63) is 126 Å². The minimum atomic E-state index is -0.244. The summed E-state index contributed by atoms with van der Waals surface area (Å²) in [5.41, 5.74) is 7.30. The molecule has 5 aromatic rings. The highest BCUT2D eigenvalue weighted by Gasteiger charge is 2.45. The maximum Gasteiger partial charge on any atom is 0.213 e. The fourth-order valence-corrected chi connectivity index (χ4v) is 5.88. The van der Waals surface area contributed by atoms with Gasteiger partial charge in [-0.1, -0.05) is 72.8 Å². The molecule has 40 heavy (non-hydrogen) atoms. The van der Waals surface area contributed by atoms with Gasteiger partial charge in [0.05, 0.1) is 49.6 Å². The molecule has 198 valence electrons. The molecule has 0 radical (unpaired) electrons. The summed E-state index contributed by atoms with van der Waals surface area (Å²) < 4.78 is 13.7. The first-order valence-corrected chi connectivity index (χ1v) is 13.3. The van der Waals surface area contributed by atoms with Gasteiger partial charge in [0.25, 0.3) is 0 Å². The first-order valence-electron chi connectivity index (χ1n) is 13.3. The zero-order chi connectivity index (χ0) is 27.2. The van der Waals surface area contributed by atoms with Crippen molar-refractivity contribution >= 4 is 23.2 Å². The van der Waals surface area contributed by atoms with Crippen molar-refractivity contribution < 1.29 is 9.47 Å². The summed E-state index contributed by atoms with van der Waals surface area (Å²) in [5, 5.41) is 5.02. The third kappa shape index (κ3) is 3.66. The van der Waals surface area contributed by atoms with Crippen molar-refractivity contribution in [2.75, 3.05) is 24.0 Å². The number of aromatic nitrogens is 2. The summed E-state index contributed by atoms with van der Waals surface area (Å²) in [6, 6.07) is 35.0. The van der Waals surface area contributed by atoms with Crippen molar-refractivity contribution in [3.8, 4) is 17.2 Å². The lowest BCUT2D eigenvalue weighted by atomic mass is 9.94. The van der Waals surface area contributed by atoms with E-state index in [2.05, 4.69) is 83.5 Å². The minimum absolute atomic E-state index is 0.244. The van der Waals surface area contributed by atoms with Gasteiger partial charge in [-0.15, -0.1) is 0 Å². The second-order valence-corrected chi connectivity index (χ2v) is 9.90. The van der Waals surface area contributed by atoms with Crippen LogP contribution >= 0.6 is 0 Å². The first kappa shape index (κ1) is 24.0. The number of hydrogen-bond donors (Lipinski definition) is 0. The minimum Gasteiger partial charge on any atom is -0.493 e. The third-order valence-electron chi connectivity index (χ3n) is 7.62. The molecule has 0 saturated carbocycles. The topological polar surface area (TPSA) is 55.1 Å². The fourth-order valence-electron chi connectivity index (χ4n) is 5.88. The van der Waals surface area contributed by atoms with E-state index in [0.29, 0.717) is 18.0 Å². The SMILES string of the molecule is COc1cccc([C@@H]2c3c(C)nn(-c4ccccc4)c3N=C3N(Cc4ccccc4)c4ccccc4N32)c1OC. The maximum atomic E-state index is 5.99. The molecule has 7 nitrogen and oxygen atoms in total. The van der Waals surface area contributed by atoms with Gasteiger partial charge in [0, 0.05) is 11.1 Å². The molecule has 0 bridgehead atoms. The van der Waals surface area contributed by atoms with Gasteiger partial charge in [-0.2, -0.15) is 10.1 Å². The van der Waals surface area contributed by atoms with E-state index in [-0.39, 0.29) is 6.04 Å². The molecule has 2 aliphatic rings. The van der Waals surface area contributed by atoms with Crippen molar-refractivity contribution in [1.82, 2.24) is 9.78 Å². The van der Waals surface area contributed by atoms with Crippen LogP contribution in [0.5, 0.6) is 11.5 Å². The fraction of sp³-hybridized carbons (Fsp3) is 0.152. The highest BCUT2D eigenvalue weighted by Crippen LogP contribution is 2.53. The monoisotopic (exact) mass is 527 g/mol. The normalized spacial score (nSPS) is 15.3. The average Bonchev–Trinajstić information content (AvgIpc) is 3.51. The quantitative estimate of drug-likeness (QED) is 0.243. The van der Waals surface area contributed by atoms with Gasteiger partial charge in [-0.25, -0.2) is 4.68 Å². The van der Waals surface area contributed by atoms with Crippen LogP contribution in [0.1, 0.15) is 28.4 Å². The lowest BCUT2D eigenvalue weighted by molar-refractivity contribution is 0.350. The van der Waals surface area contributed by atoms with E-state index < -0.39 is 0 Å². The van der Waals surface area contributed by atoms with Gasteiger partial charge in [0.2, 0.25) is 5.96 Å². The second-order valence-electron chi connectivity index (χ2n) is 9.90. The molecule has 1 aromatic heterocycles. The van der Waals surface area contributed by atoms with Gasteiger partial charge in [-0.3, -0.25) is 4.90 Å². The molecule has 0 unspecified atom stereocenters. The van der Waals surface area contributed by atoms with E-state index >= 15 is 0 Å². The molecule has 4 aromatic carbocycles. The van der Waals surface area contributed by atoms with Crippen LogP contribution in [0, 0.1) is 6.92 Å². The predicted molar refractivity (Wildman–Crippen MR) is 158 cm³/mol. The van der Waals surface area contributed by atoms with E-state index in [1.54, 1.807) is 14.2 Å². The Morgan fingerprint density at radius 2 is 1.45 bits per heavy atom. The number of aliphatic imine (C=N–C) groups is 1. The Morgan fingerprint density at radius 3 is 2.17 bits per heavy atom. The number of ether oxygens (including phenoxy) is 2. The summed E-state index contributed by atoms with van der Waals surface area (Å²) in [7, 11) is 3.37. The van der Waals surface area contributed by atoms with Crippen LogP contribution in [-0.2, 0) is 6.54 Å². The van der Waals surface area contributed by atoms with E-state index in [1.165, 1.54) is 5.56 Å². The van der Waals surface area contributed by atoms with Gasteiger partial charge in [-0.05, 0) is 42.8 Å². The van der Waals surface area contributed by atoms with Gasteiger partial charge in [0.15, 0.2) is 17.3 Å². The van der Waals surface area contributed by atoms with Crippen molar-refractivity contribution in [1.29, 1.82) is 0 Å². The van der Waals surface area contributed by atoms with E-state index in [0.717, 1.165) is 45.7 Å². The number of anilines is 2. The van der Waals surface area contributed by atoms with Crippen LogP contribution in [0.3, 0.4) is 0 Å². The molecule has 0 saturated heterocycles. The number of nitrogens with zero attached hydrogens (tertiary/aromatic N) is 5. The predicted octanol–water partition coefficient (Wildman–Crippen LogP) is 6.82. The summed E-state index contributed by atoms with van der Waals surface area (Å²) in [6.07, 6.45) is 0. The van der Waals surface area contributed by atoms with Crippen LogP contribution in [0.4, 0.5) is 17.2 Å². The molecule has 7 rings (SSSR count). The van der Waals surface area contributed by atoms with Crippen molar-refractivity contribution in [2.24, 2.45) is 4.99 Å². The molecule has 7 heteroatoms. The van der Waals surface area contributed by atoms with E-state index in [9.17, 15) is 0 Å². The second kappa shape index (κ2) is 9.61. The number of hydrogen-bond acceptors (Lipinski definition) is 6. The zero-order valence-corrected chi connectivity index (χ0v) is 22.7. The Labute approximate surface area is 233 Å². The Kier molecular flexibility index (Phi) is 5.77. The Balaban J connectivity index is 1.51. The molecular weight excluding hydrogens is 498 g/mol. The van der Waals surface area contributed by atoms with Crippen LogP contribution in [0.15, 0.2) is 108 Å². The smallest absolute Gasteiger partial charge is 0.213 e. The largest absolute Gasteiger partial charge is 0.493 e. The molecule has 0 fully saturated rings. The Morgan fingerprint density at radius 1 is 0.750 bits per heavy atom. The molecule has 3 heterocycles. The number of rotatable bonds is 6. The maximum absolute atomic E-state index is 5.99. The number of methoxy groups -OCH3 is 2. The number of aryl methyl sites for hydroxylation is 1. The Bertz CT molecular complexity index is 1730. The molecule has 1 atom stereocenters. The summed E-state index contributed by atoms with van der Waals surface area (Å²) in [5.74, 6) is 3.06. The first-order chi connectivity index (χ1) is 19.7. The molecule has 0 amide bonds. The van der Waals surface area contributed by atoms with Crippen LogP contribution in [0.2, 0.25) is 0 Å². The average molecular weight is 528 g/mol. The molecular formula is C33H29N5O2. The number of fused-ring (bicyclic) bond motifs is 4. The van der Waals surface area contributed by atoms with Crippen LogP contribution in [0.25, 0.3) is 5.69 Å². The van der Waals surface area contributed by atoms with Gasteiger partial charge < -0.3 is 14.4 Å². The summed E-state index contributed by atoms with van der Waals surface area (Å²) >= 11 is 0. The van der Waals surface area contributed by atoms with Crippen LogP contribution < -0.4 is 19.3 Å². The lowest BCUT2D eigenvalue weighted by Crippen LogP contribution is -2.43. The Hall–Kier alpha value is -5.04. The molecule has 2 aliphatic heterocycles. The standard InChI is InChI=1S/C33H29N5O2/c1-22-29-30(25-17-12-20-28(39-2)31(25)40-3)37-27-19-11-10-18-26(27)36(21-23-13-6-4-7-14-23)33(37)34-32(29)38(35-22)24-15-8-5-9-16-24/h4-20,30H,21H2,1-3H3/t30-/m1/s1. The molecule has 0 N–H and O–H groups in total. The van der Waals surface area contributed by atoms with E-state index in [1.807, 2.05) is 41.1 Å². The van der Waals surface area contributed by atoms with Crippen molar-refractivity contribution in [2.45, 2.75) is 19.5 Å². The van der Waals surface area contributed by atoms with E-state index in [4.69, 9.17) is 19.6 Å². The van der Waals surface area contributed by atoms with Crippen molar-refractivity contribution in [3.63, 3.8) is 0 Å². The van der Waals surface area contributed by atoms with Gasteiger partial charge in [0.1, 0.15) is 0 Å². The summed E-state index contributed by atoms with van der Waals surface area (Å²) in [4.78, 5) is 9.99. The molecule has 0 aliphatic carbocycles. The number of para-hydroxylation sites is 4. The molecule has 0 spiro atoms. The lowest BCUT2D eigenvalue weighted by Gasteiger charge is -2.36. The highest BCUT2D eigenvalue weighted by atomic mass is 16.5.